The van der Waals surface area contributed by atoms with E-state index in [2.05, 4.69) is 17.6 Å². The summed E-state index contributed by atoms with van der Waals surface area (Å²) in [5, 5.41) is 7.13. The Morgan fingerprint density at radius 1 is 1.58 bits per heavy atom. The van der Waals surface area contributed by atoms with E-state index in [0.29, 0.717) is 18.9 Å². The van der Waals surface area contributed by atoms with E-state index in [9.17, 15) is 4.39 Å². The Hall–Kier alpha value is -0.150. The predicted molar refractivity (Wildman–Crippen MR) is 47.8 cm³/mol. The van der Waals surface area contributed by atoms with E-state index in [1.807, 2.05) is 0 Å². The van der Waals surface area contributed by atoms with Crippen LogP contribution in [-0.2, 0) is 0 Å². The first kappa shape index (κ1) is 9.93. The number of alkyl halides is 1. The highest BCUT2D eigenvalue weighted by Gasteiger charge is 2.23. The number of hydrogen-bond donors (Lipinski definition) is 1. The number of unbranched alkanes of at least 4 members (excludes halogenated alkanes) is 1. The average molecular weight is 173 g/mol. The van der Waals surface area contributed by atoms with Crippen LogP contribution < -0.4 is 10.6 Å². The van der Waals surface area contributed by atoms with Gasteiger partial charge in [0.2, 0.25) is 0 Å². The van der Waals surface area contributed by atoms with E-state index in [0.717, 1.165) is 13.1 Å². The fraction of sp³-hybridized carbons (Fsp3) is 1.00. The van der Waals surface area contributed by atoms with Gasteiger partial charge in [0.05, 0.1) is 0 Å². The molecule has 1 fully saturated rings. The zero-order valence-corrected chi connectivity index (χ0v) is 7.72. The van der Waals surface area contributed by atoms with E-state index in [4.69, 9.17) is 0 Å². The monoisotopic (exact) mass is 173 g/mol. The summed E-state index contributed by atoms with van der Waals surface area (Å²) in [6.07, 6.45) is 2.17. The maximum Gasteiger partial charge on any atom is 0.166 e. The number of rotatable bonds is 5. The molecule has 0 bridgehead atoms. The molecule has 1 radical (unpaired) electrons. The van der Waals surface area contributed by atoms with E-state index < -0.39 is 6.30 Å². The van der Waals surface area contributed by atoms with Crippen LogP contribution in [0.25, 0.3) is 0 Å². The first-order chi connectivity index (χ1) is 5.83. The second kappa shape index (κ2) is 5.49. The van der Waals surface area contributed by atoms with Crippen LogP contribution in [0.2, 0.25) is 0 Å². The van der Waals surface area contributed by atoms with Crippen LogP contribution in [0.1, 0.15) is 26.2 Å². The van der Waals surface area contributed by atoms with Gasteiger partial charge >= 0.3 is 0 Å². The lowest BCUT2D eigenvalue weighted by Crippen LogP contribution is -2.24. The van der Waals surface area contributed by atoms with E-state index in [1.54, 1.807) is 0 Å². The minimum atomic E-state index is -0.886. The van der Waals surface area contributed by atoms with Crippen molar-refractivity contribution in [3.05, 3.63) is 0 Å². The smallest absolute Gasteiger partial charge is 0.166 e. The molecular formula is C9H18FN2. The van der Waals surface area contributed by atoms with E-state index in [1.165, 1.54) is 12.8 Å². The summed E-state index contributed by atoms with van der Waals surface area (Å²) in [6, 6.07) is 0. The molecule has 0 aromatic heterocycles. The molecular weight excluding hydrogens is 155 g/mol. The standard InChI is InChI=1S/C9H18FN2/c1-2-3-4-11-6-8-5-9(10)12-7-8/h8-9,11H,2-7H2,1H3. The van der Waals surface area contributed by atoms with Gasteiger partial charge in [0.1, 0.15) is 0 Å². The Bertz CT molecular complexity index is 119. The lowest BCUT2D eigenvalue weighted by molar-refractivity contribution is 0.298. The molecule has 0 aliphatic carbocycles. The average Bonchev–Trinajstić information content (AvgIpc) is 2.45. The maximum absolute atomic E-state index is 12.6. The molecule has 2 nitrogen and oxygen atoms in total. The second-order valence-electron chi connectivity index (χ2n) is 3.46. The molecule has 71 valence electrons. The molecule has 3 heteroatoms. The van der Waals surface area contributed by atoms with Crippen molar-refractivity contribution in [1.82, 2.24) is 10.6 Å². The normalized spacial score (nSPS) is 29.5. The summed E-state index contributed by atoms with van der Waals surface area (Å²) in [5.41, 5.74) is 0. The molecule has 1 rings (SSSR count). The summed E-state index contributed by atoms with van der Waals surface area (Å²) in [5.74, 6) is 0.442. The molecule has 1 N–H and O–H groups in total. The molecule has 1 aliphatic rings. The quantitative estimate of drug-likeness (QED) is 0.492. The Kier molecular flexibility index (Phi) is 4.54. The molecule has 0 amide bonds. The van der Waals surface area contributed by atoms with Crippen molar-refractivity contribution >= 4 is 0 Å². The van der Waals surface area contributed by atoms with Gasteiger partial charge in [-0.3, -0.25) is 0 Å². The molecule has 0 spiro atoms. The van der Waals surface area contributed by atoms with Crippen LogP contribution in [0.15, 0.2) is 0 Å². The Balaban J connectivity index is 1.93. The summed E-state index contributed by atoms with van der Waals surface area (Å²) < 4.78 is 12.6. The van der Waals surface area contributed by atoms with E-state index in [-0.39, 0.29) is 0 Å². The summed E-state index contributed by atoms with van der Waals surface area (Å²) >= 11 is 0. The molecule has 1 saturated heterocycles. The van der Waals surface area contributed by atoms with Crippen LogP contribution in [-0.4, -0.2) is 25.9 Å². The van der Waals surface area contributed by atoms with Crippen LogP contribution in [0.4, 0.5) is 4.39 Å². The Morgan fingerprint density at radius 2 is 2.42 bits per heavy atom. The van der Waals surface area contributed by atoms with Crippen molar-refractivity contribution in [2.45, 2.75) is 32.5 Å². The highest BCUT2D eigenvalue weighted by atomic mass is 19.1. The van der Waals surface area contributed by atoms with E-state index >= 15 is 0 Å². The molecule has 2 atom stereocenters. The van der Waals surface area contributed by atoms with Crippen molar-refractivity contribution in [3.63, 3.8) is 0 Å². The maximum atomic E-state index is 12.6. The fourth-order valence-corrected chi connectivity index (χ4v) is 1.44. The van der Waals surface area contributed by atoms with Gasteiger partial charge in [-0.1, -0.05) is 13.3 Å². The van der Waals surface area contributed by atoms with Crippen LogP contribution in [0.3, 0.4) is 0 Å². The minimum Gasteiger partial charge on any atom is -0.316 e. The van der Waals surface area contributed by atoms with Gasteiger partial charge in [-0.25, -0.2) is 9.71 Å². The Labute approximate surface area is 73.9 Å². The third-order valence-electron chi connectivity index (χ3n) is 2.23. The highest BCUT2D eigenvalue weighted by Crippen LogP contribution is 2.14. The first-order valence-electron chi connectivity index (χ1n) is 4.84. The van der Waals surface area contributed by atoms with Gasteiger partial charge in [0, 0.05) is 6.54 Å². The van der Waals surface area contributed by atoms with Gasteiger partial charge in [0.25, 0.3) is 0 Å². The van der Waals surface area contributed by atoms with Crippen molar-refractivity contribution in [2.24, 2.45) is 5.92 Å². The van der Waals surface area contributed by atoms with Crippen molar-refractivity contribution in [1.29, 1.82) is 0 Å². The van der Waals surface area contributed by atoms with Gasteiger partial charge in [-0.15, -0.1) is 0 Å². The van der Waals surface area contributed by atoms with Crippen molar-refractivity contribution in [3.8, 4) is 0 Å². The lowest BCUT2D eigenvalue weighted by atomic mass is 10.1. The van der Waals surface area contributed by atoms with Gasteiger partial charge in [-0.05, 0) is 31.8 Å². The topological polar surface area (TPSA) is 26.1 Å². The van der Waals surface area contributed by atoms with Crippen LogP contribution in [0.5, 0.6) is 0 Å². The third kappa shape index (κ3) is 3.50. The van der Waals surface area contributed by atoms with Gasteiger partial charge in [-0.2, -0.15) is 0 Å². The zero-order valence-electron chi connectivity index (χ0n) is 7.72. The summed E-state index contributed by atoms with van der Waals surface area (Å²) in [7, 11) is 0. The number of nitrogens with zero attached hydrogens (tertiary/aromatic N) is 1. The molecule has 1 heterocycles. The lowest BCUT2D eigenvalue weighted by Gasteiger charge is -2.08. The van der Waals surface area contributed by atoms with Gasteiger partial charge < -0.3 is 5.32 Å². The van der Waals surface area contributed by atoms with Crippen molar-refractivity contribution < 1.29 is 4.39 Å². The Morgan fingerprint density at radius 3 is 3.00 bits per heavy atom. The van der Waals surface area contributed by atoms with Crippen LogP contribution in [0, 0.1) is 5.92 Å². The fourth-order valence-electron chi connectivity index (χ4n) is 1.44. The molecule has 2 unspecified atom stereocenters. The largest absolute Gasteiger partial charge is 0.316 e. The summed E-state index contributed by atoms with van der Waals surface area (Å²) in [6.45, 7) is 4.87. The van der Waals surface area contributed by atoms with Crippen LogP contribution >= 0.6 is 0 Å². The molecule has 0 saturated carbocycles. The number of halogens is 1. The third-order valence-corrected chi connectivity index (χ3v) is 2.23. The molecule has 0 aromatic carbocycles. The first-order valence-corrected chi connectivity index (χ1v) is 4.84. The molecule has 12 heavy (non-hydrogen) atoms. The molecule has 1 aliphatic heterocycles. The number of hydrogen-bond acceptors (Lipinski definition) is 1. The summed E-state index contributed by atoms with van der Waals surface area (Å²) in [4.78, 5) is 0. The highest BCUT2D eigenvalue weighted by molar-refractivity contribution is 4.75. The second-order valence-corrected chi connectivity index (χ2v) is 3.46. The van der Waals surface area contributed by atoms with Crippen molar-refractivity contribution in [2.75, 3.05) is 19.6 Å². The minimum absolute atomic E-state index is 0.442. The predicted octanol–water partition coefficient (Wildman–Crippen LogP) is 1.30. The molecule has 0 aromatic rings. The van der Waals surface area contributed by atoms with Gasteiger partial charge in [0.15, 0.2) is 6.30 Å². The SMILES string of the molecule is CCCCNCC1C[N]C(F)C1. The number of nitrogens with one attached hydrogen (secondary N) is 1. The zero-order chi connectivity index (χ0) is 8.81.